The fourth-order valence-corrected chi connectivity index (χ4v) is 4.80. The lowest BCUT2D eigenvalue weighted by atomic mass is 10.1. The van der Waals surface area contributed by atoms with Gasteiger partial charge in [0.2, 0.25) is 10.0 Å². The minimum Gasteiger partial charge on any atom is -0.481 e. The SMILES string of the molecule is CC[C@H](Oc1ccc(C)c(C)c1)C(=O)Nc1ccc(S(=O)(=O)N2CCCC2)cc1. The van der Waals surface area contributed by atoms with Crippen molar-refractivity contribution in [2.24, 2.45) is 0 Å². The number of benzene rings is 2. The maximum Gasteiger partial charge on any atom is 0.265 e. The Bertz CT molecular complexity index is 965. The number of carbonyl (C=O) groups excluding carboxylic acids is 1. The third-order valence-corrected chi connectivity index (χ3v) is 7.16. The van der Waals surface area contributed by atoms with Gasteiger partial charge < -0.3 is 10.1 Å². The van der Waals surface area contributed by atoms with Crippen LogP contribution in [0.15, 0.2) is 47.4 Å². The van der Waals surface area contributed by atoms with Gasteiger partial charge in [0.1, 0.15) is 5.75 Å². The molecule has 1 heterocycles. The van der Waals surface area contributed by atoms with Crippen molar-refractivity contribution in [1.82, 2.24) is 4.31 Å². The predicted molar refractivity (Wildman–Crippen MR) is 114 cm³/mol. The number of anilines is 1. The summed E-state index contributed by atoms with van der Waals surface area (Å²) >= 11 is 0. The first-order valence-corrected chi connectivity index (χ1v) is 11.4. The molecular formula is C22H28N2O4S. The fourth-order valence-electron chi connectivity index (χ4n) is 3.28. The van der Waals surface area contributed by atoms with E-state index >= 15 is 0 Å². The van der Waals surface area contributed by atoms with Crippen molar-refractivity contribution in [3.05, 3.63) is 53.6 Å². The van der Waals surface area contributed by atoms with Crippen LogP contribution in [-0.4, -0.2) is 37.8 Å². The summed E-state index contributed by atoms with van der Waals surface area (Å²) in [5.74, 6) is 0.392. The lowest BCUT2D eigenvalue weighted by molar-refractivity contribution is -0.122. The smallest absolute Gasteiger partial charge is 0.265 e. The van der Waals surface area contributed by atoms with Gasteiger partial charge in [-0.2, -0.15) is 4.31 Å². The van der Waals surface area contributed by atoms with Gasteiger partial charge in [0.05, 0.1) is 4.90 Å². The third-order valence-electron chi connectivity index (χ3n) is 5.24. The van der Waals surface area contributed by atoms with Crippen LogP contribution in [0.1, 0.15) is 37.3 Å². The summed E-state index contributed by atoms with van der Waals surface area (Å²) in [6, 6.07) is 12.0. The zero-order valence-corrected chi connectivity index (χ0v) is 18.0. The molecule has 0 aliphatic carbocycles. The molecule has 1 fully saturated rings. The number of nitrogens with one attached hydrogen (secondary N) is 1. The molecule has 1 aliphatic rings. The van der Waals surface area contributed by atoms with E-state index in [9.17, 15) is 13.2 Å². The van der Waals surface area contributed by atoms with Gasteiger partial charge in [-0.3, -0.25) is 4.79 Å². The number of aryl methyl sites for hydroxylation is 2. The molecule has 0 spiro atoms. The Labute approximate surface area is 172 Å². The van der Waals surface area contributed by atoms with Crippen molar-refractivity contribution in [3.8, 4) is 5.75 Å². The number of ether oxygens (including phenoxy) is 1. The second-order valence-electron chi connectivity index (χ2n) is 7.39. The highest BCUT2D eigenvalue weighted by molar-refractivity contribution is 7.89. The lowest BCUT2D eigenvalue weighted by Gasteiger charge is -2.18. The number of sulfonamides is 1. The monoisotopic (exact) mass is 416 g/mol. The van der Waals surface area contributed by atoms with Gasteiger partial charge in [-0.1, -0.05) is 13.0 Å². The summed E-state index contributed by atoms with van der Waals surface area (Å²) in [4.78, 5) is 12.9. The highest BCUT2D eigenvalue weighted by atomic mass is 32.2. The number of hydrogen-bond acceptors (Lipinski definition) is 4. The van der Waals surface area contributed by atoms with E-state index < -0.39 is 16.1 Å². The molecule has 0 saturated carbocycles. The molecule has 0 aromatic heterocycles. The highest BCUT2D eigenvalue weighted by Gasteiger charge is 2.27. The van der Waals surface area contributed by atoms with E-state index in [0.29, 0.717) is 30.9 Å². The molecule has 1 N–H and O–H groups in total. The molecule has 6 nitrogen and oxygen atoms in total. The van der Waals surface area contributed by atoms with E-state index in [1.165, 1.54) is 22.0 Å². The minimum atomic E-state index is -3.46. The molecule has 1 saturated heterocycles. The van der Waals surface area contributed by atoms with Gasteiger partial charge in [0, 0.05) is 18.8 Å². The van der Waals surface area contributed by atoms with Gasteiger partial charge in [0.25, 0.3) is 5.91 Å². The van der Waals surface area contributed by atoms with E-state index in [1.807, 2.05) is 39.0 Å². The Morgan fingerprint density at radius 3 is 2.31 bits per heavy atom. The van der Waals surface area contributed by atoms with Crippen LogP contribution in [0.25, 0.3) is 0 Å². The molecule has 2 aromatic rings. The second kappa shape index (κ2) is 8.97. The standard InChI is InChI=1S/C22H28N2O4S/c1-4-21(28-19-10-7-16(2)17(3)15-19)22(25)23-18-8-11-20(12-9-18)29(26,27)24-13-5-6-14-24/h7-12,15,21H,4-6,13-14H2,1-3H3,(H,23,25)/t21-/m0/s1. The average Bonchev–Trinajstić information content (AvgIpc) is 3.25. The lowest BCUT2D eigenvalue weighted by Crippen LogP contribution is -2.32. The first-order valence-electron chi connectivity index (χ1n) is 9.96. The first-order chi connectivity index (χ1) is 13.8. The van der Waals surface area contributed by atoms with E-state index in [0.717, 1.165) is 18.4 Å². The molecule has 1 amide bonds. The van der Waals surface area contributed by atoms with E-state index in [1.54, 1.807) is 12.1 Å². The fraction of sp³-hybridized carbons (Fsp3) is 0.409. The Kier molecular flexibility index (Phi) is 6.59. The van der Waals surface area contributed by atoms with Gasteiger partial charge in [-0.25, -0.2) is 8.42 Å². The summed E-state index contributed by atoms with van der Waals surface area (Å²) in [6.07, 6.45) is 1.67. The quantitative estimate of drug-likeness (QED) is 0.743. The normalized spacial score (nSPS) is 15.8. The van der Waals surface area contributed by atoms with Crippen LogP contribution in [0.2, 0.25) is 0 Å². The van der Waals surface area contributed by atoms with Gasteiger partial charge in [0.15, 0.2) is 6.10 Å². The Balaban J connectivity index is 1.66. The van der Waals surface area contributed by atoms with Crippen molar-refractivity contribution < 1.29 is 17.9 Å². The van der Waals surface area contributed by atoms with Gasteiger partial charge in [-0.15, -0.1) is 0 Å². The van der Waals surface area contributed by atoms with E-state index in [2.05, 4.69) is 5.32 Å². The first kappa shape index (κ1) is 21.3. The molecule has 0 bridgehead atoms. The van der Waals surface area contributed by atoms with Crippen LogP contribution in [0, 0.1) is 13.8 Å². The molecule has 2 aromatic carbocycles. The van der Waals surface area contributed by atoms with E-state index in [4.69, 9.17) is 4.74 Å². The zero-order valence-electron chi connectivity index (χ0n) is 17.1. The summed E-state index contributed by atoms with van der Waals surface area (Å²) in [5.41, 5.74) is 2.81. The minimum absolute atomic E-state index is 0.246. The van der Waals surface area contributed by atoms with Crippen LogP contribution < -0.4 is 10.1 Å². The largest absolute Gasteiger partial charge is 0.481 e. The molecule has 3 rings (SSSR count). The number of nitrogens with zero attached hydrogens (tertiary/aromatic N) is 1. The molecule has 1 aliphatic heterocycles. The Morgan fingerprint density at radius 1 is 1.07 bits per heavy atom. The van der Waals surface area contributed by atoms with Crippen LogP contribution in [-0.2, 0) is 14.8 Å². The molecule has 1 atom stereocenters. The van der Waals surface area contributed by atoms with Crippen LogP contribution in [0.3, 0.4) is 0 Å². The summed E-state index contributed by atoms with van der Waals surface area (Å²) in [6.45, 7) is 7.04. The van der Waals surface area contributed by atoms with Crippen molar-refractivity contribution >= 4 is 21.6 Å². The third kappa shape index (κ3) is 4.97. The summed E-state index contributed by atoms with van der Waals surface area (Å²) in [7, 11) is -3.46. The van der Waals surface area contributed by atoms with Crippen molar-refractivity contribution in [2.45, 2.75) is 51.0 Å². The second-order valence-corrected chi connectivity index (χ2v) is 9.32. The Hall–Kier alpha value is -2.38. The maximum atomic E-state index is 12.6. The van der Waals surface area contributed by atoms with Crippen molar-refractivity contribution in [3.63, 3.8) is 0 Å². The van der Waals surface area contributed by atoms with Crippen molar-refractivity contribution in [1.29, 1.82) is 0 Å². The molecule has 156 valence electrons. The highest BCUT2D eigenvalue weighted by Crippen LogP contribution is 2.23. The maximum absolute atomic E-state index is 12.6. The molecule has 0 unspecified atom stereocenters. The molecular weight excluding hydrogens is 388 g/mol. The van der Waals surface area contributed by atoms with Crippen molar-refractivity contribution in [2.75, 3.05) is 18.4 Å². The number of hydrogen-bond donors (Lipinski definition) is 1. The van der Waals surface area contributed by atoms with Crippen LogP contribution in [0.5, 0.6) is 5.75 Å². The van der Waals surface area contributed by atoms with E-state index in [-0.39, 0.29) is 10.8 Å². The molecule has 0 radical (unpaired) electrons. The molecule has 7 heteroatoms. The average molecular weight is 417 g/mol. The predicted octanol–water partition coefficient (Wildman–Crippen LogP) is 3.88. The topological polar surface area (TPSA) is 75.7 Å². The van der Waals surface area contributed by atoms with Gasteiger partial charge >= 0.3 is 0 Å². The number of rotatable bonds is 7. The van der Waals surface area contributed by atoms with Gasteiger partial charge in [-0.05, 0) is 80.6 Å². The number of carbonyl (C=O) groups is 1. The zero-order chi connectivity index (χ0) is 21.0. The summed E-state index contributed by atoms with van der Waals surface area (Å²) < 4.78 is 32.6. The Morgan fingerprint density at radius 2 is 1.72 bits per heavy atom. The summed E-state index contributed by atoms with van der Waals surface area (Å²) in [5, 5.41) is 2.82. The van der Waals surface area contributed by atoms with Crippen LogP contribution >= 0.6 is 0 Å². The van der Waals surface area contributed by atoms with Crippen LogP contribution in [0.4, 0.5) is 5.69 Å². The number of amides is 1. The molecule has 29 heavy (non-hydrogen) atoms.